The van der Waals surface area contributed by atoms with E-state index in [1.165, 1.54) is 11.0 Å². The highest BCUT2D eigenvalue weighted by Crippen LogP contribution is 2.54. The predicted octanol–water partition coefficient (Wildman–Crippen LogP) is 3.72. The summed E-state index contributed by atoms with van der Waals surface area (Å²) in [5.74, 6) is 0.494. The van der Waals surface area contributed by atoms with Gasteiger partial charge < -0.3 is 24.2 Å². The lowest BCUT2D eigenvalue weighted by Crippen LogP contribution is -2.38. The fourth-order valence-corrected chi connectivity index (χ4v) is 4.67. The smallest absolute Gasteiger partial charge is 0.213 e. The van der Waals surface area contributed by atoms with Crippen LogP contribution in [-0.4, -0.2) is 74.8 Å². The van der Waals surface area contributed by atoms with Crippen LogP contribution in [0.3, 0.4) is 0 Å². The molecule has 1 spiro atoms. The first-order valence-corrected chi connectivity index (χ1v) is 11.8. The van der Waals surface area contributed by atoms with Crippen molar-refractivity contribution in [1.82, 2.24) is 14.9 Å². The number of hydrogen-bond donors (Lipinski definition) is 0. The zero-order valence-electron chi connectivity index (χ0n) is 20.5. The van der Waals surface area contributed by atoms with Crippen molar-refractivity contribution < 1.29 is 18.7 Å². The molecule has 0 atom stereocenters. The Kier molecular flexibility index (Phi) is 5.96. The number of rotatable bonds is 8. The van der Waals surface area contributed by atoms with E-state index in [0.29, 0.717) is 52.6 Å². The topological polar surface area (TPSA) is 71.0 Å². The zero-order chi connectivity index (χ0) is 24.7. The third-order valence-electron chi connectivity index (χ3n) is 6.94. The SMILES string of the molecule is CN(C)CCCOc1ccc(-c2c(F)cc3ncc(N(C)C=O)c4c3c2OCC2(CC2)N4C)cn1. The van der Waals surface area contributed by atoms with Crippen molar-refractivity contribution in [2.24, 2.45) is 0 Å². The van der Waals surface area contributed by atoms with Crippen LogP contribution < -0.4 is 19.3 Å². The van der Waals surface area contributed by atoms with Gasteiger partial charge in [-0.05, 0) is 39.4 Å². The number of benzene rings is 1. The molecule has 2 aliphatic rings. The second kappa shape index (κ2) is 8.96. The molecule has 184 valence electrons. The van der Waals surface area contributed by atoms with Crippen molar-refractivity contribution >= 4 is 28.7 Å². The third-order valence-corrected chi connectivity index (χ3v) is 6.94. The molecule has 1 aromatic carbocycles. The number of ether oxygens (including phenoxy) is 2. The second-order valence-electron chi connectivity index (χ2n) is 9.63. The lowest BCUT2D eigenvalue weighted by atomic mass is 10.00. The van der Waals surface area contributed by atoms with Gasteiger partial charge in [0.2, 0.25) is 12.3 Å². The van der Waals surface area contributed by atoms with Crippen LogP contribution in [0.4, 0.5) is 15.8 Å². The molecule has 1 aliphatic carbocycles. The monoisotopic (exact) mass is 479 g/mol. The zero-order valence-corrected chi connectivity index (χ0v) is 20.5. The third kappa shape index (κ3) is 4.14. The van der Waals surface area contributed by atoms with Gasteiger partial charge in [0.15, 0.2) is 0 Å². The molecule has 5 rings (SSSR count). The standard InChI is InChI=1S/C26H30FN5O3/c1-30(2)10-5-11-34-21-7-6-17(13-29-21)22-18(27)12-19-23-24(20(14-28-19)31(3)16-33)32(4)26(8-9-26)15-35-25(22)23/h6-7,12-14,16H,5,8-11,15H2,1-4H3. The number of aromatic nitrogens is 2. The van der Waals surface area contributed by atoms with E-state index in [0.717, 1.165) is 37.9 Å². The van der Waals surface area contributed by atoms with Crippen molar-refractivity contribution in [2.45, 2.75) is 24.8 Å². The van der Waals surface area contributed by atoms with Gasteiger partial charge in [-0.1, -0.05) is 0 Å². The normalized spacial score (nSPS) is 15.8. The fraction of sp³-hybridized carbons (Fsp3) is 0.423. The summed E-state index contributed by atoms with van der Waals surface area (Å²) in [5, 5.41) is 0.697. The highest BCUT2D eigenvalue weighted by molar-refractivity contribution is 6.08. The molecule has 9 heteroatoms. The number of carbonyl (C=O) groups excluding carboxylic acids is 1. The van der Waals surface area contributed by atoms with Crippen LogP contribution >= 0.6 is 0 Å². The first-order valence-electron chi connectivity index (χ1n) is 11.8. The Labute approximate surface area is 204 Å². The molecule has 0 saturated heterocycles. The van der Waals surface area contributed by atoms with E-state index in [1.807, 2.05) is 21.1 Å². The van der Waals surface area contributed by atoms with Gasteiger partial charge in [0.25, 0.3) is 0 Å². The van der Waals surface area contributed by atoms with E-state index in [2.05, 4.69) is 19.8 Å². The summed E-state index contributed by atoms with van der Waals surface area (Å²) in [6.45, 7) is 1.91. The number of hydrogen-bond acceptors (Lipinski definition) is 7. The molecule has 35 heavy (non-hydrogen) atoms. The van der Waals surface area contributed by atoms with Gasteiger partial charge in [-0.2, -0.15) is 0 Å². The van der Waals surface area contributed by atoms with Gasteiger partial charge in [0.05, 0.1) is 46.2 Å². The Morgan fingerprint density at radius 3 is 2.69 bits per heavy atom. The number of anilines is 2. The number of halogens is 1. The molecule has 1 saturated carbocycles. The van der Waals surface area contributed by atoms with Crippen LogP contribution in [0.15, 0.2) is 30.6 Å². The average Bonchev–Trinajstić information content (AvgIpc) is 3.66. The molecule has 2 aromatic heterocycles. The summed E-state index contributed by atoms with van der Waals surface area (Å²) in [7, 11) is 7.74. The molecular formula is C26H30FN5O3. The van der Waals surface area contributed by atoms with Crippen LogP contribution in [0.1, 0.15) is 19.3 Å². The van der Waals surface area contributed by atoms with Crippen molar-refractivity contribution in [3.05, 3.63) is 36.4 Å². The van der Waals surface area contributed by atoms with Gasteiger partial charge in [0.1, 0.15) is 18.2 Å². The largest absolute Gasteiger partial charge is 0.490 e. The first-order chi connectivity index (χ1) is 16.8. The van der Waals surface area contributed by atoms with Crippen LogP contribution in [0.25, 0.3) is 22.0 Å². The summed E-state index contributed by atoms with van der Waals surface area (Å²) in [6, 6.07) is 4.98. The Morgan fingerprint density at radius 1 is 1.23 bits per heavy atom. The van der Waals surface area contributed by atoms with Crippen molar-refractivity contribution in [3.63, 3.8) is 0 Å². The van der Waals surface area contributed by atoms with E-state index < -0.39 is 5.82 Å². The molecular weight excluding hydrogens is 449 g/mol. The van der Waals surface area contributed by atoms with Crippen LogP contribution in [-0.2, 0) is 4.79 Å². The maximum Gasteiger partial charge on any atom is 0.213 e. The molecule has 0 N–H and O–H groups in total. The Bertz CT molecular complexity index is 1260. The second-order valence-corrected chi connectivity index (χ2v) is 9.63. The van der Waals surface area contributed by atoms with Gasteiger partial charge >= 0.3 is 0 Å². The fourth-order valence-electron chi connectivity index (χ4n) is 4.67. The predicted molar refractivity (Wildman–Crippen MR) is 134 cm³/mol. The van der Waals surface area contributed by atoms with Crippen molar-refractivity contribution in [2.75, 3.05) is 57.7 Å². The minimum Gasteiger partial charge on any atom is -0.490 e. The molecule has 1 amide bonds. The summed E-state index contributed by atoms with van der Waals surface area (Å²) >= 11 is 0. The Morgan fingerprint density at radius 2 is 2.03 bits per heavy atom. The van der Waals surface area contributed by atoms with Crippen molar-refractivity contribution in [3.8, 4) is 22.8 Å². The minimum atomic E-state index is -0.432. The molecule has 1 fully saturated rings. The molecule has 0 bridgehead atoms. The molecule has 8 nitrogen and oxygen atoms in total. The van der Waals surface area contributed by atoms with E-state index in [9.17, 15) is 4.79 Å². The maximum atomic E-state index is 15.5. The lowest BCUT2D eigenvalue weighted by molar-refractivity contribution is -0.107. The van der Waals surface area contributed by atoms with Crippen LogP contribution in [0.5, 0.6) is 11.6 Å². The molecule has 3 heterocycles. The van der Waals surface area contributed by atoms with Gasteiger partial charge in [0, 0.05) is 44.5 Å². The molecule has 3 aromatic rings. The Hall–Kier alpha value is -3.46. The number of likely N-dealkylation sites (N-methyl/N-ethyl adjacent to an activating group) is 1. The number of amides is 1. The number of pyridine rings is 2. The molecule has 1 aliphatic heterocycles. The maximum absolute atomic E-state index is 15.5. The van der Waals surface area contributed by atoms with E-state index >= 15 is 4.39 Å². The van der Waals surface area contributed by atoms with Crippen LogP contribution in [0, 0.1) is 5.82 Å². The average molecular weight is 480 g/mol. The Balaban J connectivity index is 1.59. The van der Waals surface area contributed by atoms with Gasteiger partial charge in [-0.3, -0.25) is 9.78 Å². The highest BCUT2D eigenvalue weighted by Gasteiger charge is 2.50. The first kappa shape index (κ1) is 23.3. The molecule has 0 unspecified atom stereocenters. The molecule has 0 radical (unpaired) electrons. The lowest BCUT2D eigenvalue weighted by Gasteiger charge is -2.30. The summed E-state index contributed by atoms with van der Waals surface area (Å²) in [4.78, 5) is 26.3. The summed E-state index contributed by atoms with van der Waals surface area (Å²) in [5.41, 5.74) is 2.72. The quantitative estimate of drug-likeness (QED) is 0.360. The summed E-state index contributed by atoms with van der Waals surface area (Å²) < 4.78 is 27.6. The summed E-state index contributed by atoms with van der Waals surface area (Å²) in [6.07, 6.45) is 6.80. The van der Waals surface area contributed by atoms with E-state index in [-0.39, 0.29) is 5.54 Å². The number of nitrogens with zero attached hydrogens (tertiary/aromatic N) is 5. The van der Waals surface area contributed by atoms with E-state index in [4.69, 9.17) is 9.47 Å². The van der Waals surface area contributed by atoms with Gasteiger partial charge in [-0.15, -0.1) is 0 Å². The van der Waals surface area contributed by atoms with Crippen molar-refractivity contribution in [1.29, 1.82) is 0 Å². The van der Waals surface area contributed by atoms with Crippen LogP contribution in [0.2, 0.25) is 0 Å². The van der Waals surface area contributed by atoms with Gasteiger partial charge in [-0.25, -0.2) is 9.37 Å². The minimum absolute atomic E-state index is 0.179. The highest BCUT2D eigenvalue weighted by atomic mass is 19.1. The number of carbonyl (C=O) groups is 1. The van der Waals surface area contributed by atoms with E-state index in [1.54, 1.807) is 31.6 Å².